The molecule has 9 nitrogen and oxygen atoms in total. The van der Waals surface area contributed by atoms with Gasteiger partial charge in [0.1, 0.15) is 36.2 Å². The van der Waals surface area contributed by atoms with Crippen LogP contribution in [0, 0.1) is 0 Å². The third kappa shape index (κ3) is 4.67. The van der Waals surface area contributed by atoms with Crippen LogP contribution in [0.2, 0.25) is 0 Å². The van der Waals surface area contributed by atoms with Crippen LogP contribution in [-0.4, -0.2) is 66.4 Å². The van der Waals surface area contributed by atoms with E-state index in [1.54, 1.807) is 6.20 Å². The van der Waals surface area contributed by atoms with Gasteiger partial charge in [0.2, 0.25) is 0 Å². The van der Waals surface area contributed by atoms with Crippen LogP contribution in [0.3, 0.4) is 0 Å². The molecule has 0 spiro atoms. The number of hydrogen-bond acceptors (Lipinski definition) is 8. The molecule has 0 aliphatic carbocycles. The largest absolute Gasteiger partial charge is 0.394 e. The van der Waals surface area contributed by atoms with Gasteiger partial charge in [-0.15, -0.1) is 5.10 Å². The van der Waals surface area contributed by atoms with Crippen molar-refractivity contribution >= 4 is 0 Å². The molecular weight excluding hydrogens is 402 g/mol. The van der Waals surface area contributed by atoms with Gasteiger partial charge in [-0.3, -0.25) is 0 Å². The molecule has 9 heteroatoms. The predicted molar refractivity (Wildman–Crippen MR) is 109 cm³/mol. The molecule has 2 aromatic carbocycles. The van der Waals surface area contributed by atoms with Crippen molar-refractivity contribution in [3.05, 3.63) is 83.7 Å². The molecule has 1 aromatic heterocycles. The molecular formula is C22H25N3O6. The topological polar surface area (TPSA) is 130 Å². The Morgan fingerprint density at radius 1 is 0.903 bits per heavy atom. The van der Waals surface area contributed by atoms with Gasteiger partial charge in [0.25, 0.3) is 0 Å². The van der Waals surface area contributed by atoms with E-state index in [9.17, 15) is 20.4 Å². The van der Waals surface area contributed by atoms with Gasteiger partial charge in [-0.05, 0) is 11.1 Å². The number of aliphatic hydroxyl groups is 4. The number of aromatic nitrogens is 3. The molecule has 4 N–H and O–H groups in total. The summed E-state index contributed by atoms with van der Waals surface area (Å²) in [5.41, 5.74) is 2.49. The van der Waals surface area contributed by atoms with Crippen LogP contribution < -0.4 is 0 Å². The number of nitrogens with zero attached hydrogens (tertiary/aromatic N) is 3. The molecule has 3 aromatic rings. The second-order valence-electron chi connectivity index (χ2n) is 7.42. The summed E-state index contributed by atoms with van der Waals surface area (Å²) in [5.74, 6) is 0. The van der Waals surface area contributed by atoms with Gasteiger partial charge in [-0.1, -0.05) is 65.9 Å². The van der Waals surface area contributed by atoms with Gasteiger partial charge in [0, 0.05) is 0 Å². The maximum absolute atomic E-state index is 10.3. The summed E-state index contributed by atoms with van der Waals surface area (Å²) in [7, 11) is 0. The summed E-state index contributed by atoms with van der Waals surface area (Å²) in [5, 5.41) is 47.6. The molecule has 5 atom stereocenters. The lowest BCUT2D eigenvalue weighted by Gasteiger charge is -2.39. The normalized spacial score (nSPS) is 26.3. The first-order valence-corrected chi connectivity index (χ1v) is 10.0. The van der Waals surface area contributed by atoms with Gasteiger partial charge in [-0.2, -0.15) is 0 Å². The Hall–Kier alpha value is -2.66. The van der Waals surface area contributed by atoms with Crippen LogP contribution in [0.15, 0.2) is 66.9 Å². The Bertz CT molecular complexity index is 913. The van der Waals surface area contributed by atoms with Crippen LogP contribution in [-0.2, 0) is 16.1 Å². The lowest BCUT2D eigenvalue weighted by atomic mass is 9.98. The number of rotatable bonds is 7. The summed E-state index contributed by atoms with van der Waals surface area (Å²) < 4.78 is 12.9. The highest BCUT2D eigenvalue weighted by Crippen LogP contribution is 2.29. The average molecular weight is 427 g/mol. The van der Waals surface area contributed by atoms with Crippen LogP contribution in [0.5, 0.6) is 0 Å². The Morgan fingerprint density at radius 2 is 1.52 bits per heavy atom. The molecule has 0 radical (unpaired) electrons. The second kappa shape index (κ2) is 9.65. The summed E-state index contributed by atoms with van der Waals surface area (Å²) >= 11 is 0. The highest BCUT2D eigenvalue weighted by molar-refractivity contribution is 5.29. The summed E-state index contributed by atoms with van der Waals surface area (Å²) in [6.45, 7) is -0.367. The minimum Gasteiger partial charge on any atom is -0.394 e. The van der Waals surface area contributed by atoms with Gasteiger partial charge in [0.15, 0.2) is 6.23 Å². The first-order valence-electron chi connectivity index (χ1n) is 10.0. The van der Waals surface area contributed by atoms with Crippen molar-refractivity contribution < 1.29 is 29.9 Å². The smallest absolute Gasteiger partial charge is 0.180 e. The van der Waals surface area contributed by atoms with E-state index in [0.29, 0.717) is 5.69 Å². The second-order valence-corrected chi connectivity index (χ2v) is 7.42. The molecule has 1 fully saturated rings. The van der Waals surface area contributed by atoms with E-state index in [0.717, 1.165) is 11.1 Å². The molecule has 2 heterocycles. The Morgan fingerprint density at radius 3 is 2.10 bits per heavy atom. The van der Waals surface area contributed by atoms with E-state index >= 15 is 0 Å². The van der Waals surface area contributed by atoms with Gasteiger partial charge in [-0.25, -0.2) is 4.68 Å². The minimum atomic E-state index is -1.49. The highest BCUT2D eigenvalue weighted by atomic mass is 16.6. The maximum Gasteiger partial charge on any atom is 0.180 e. The minimum absolute atomic E-state index is 0.145. The fraction of sp³-hybridized carbons (Fsp3) is 0.364. The summed E-state index contributed by atoms with van der Waals surface area (Å²) in [4.78, 5) is 0. The van der Waals surface area contributed by atoms with E-state index < -0.39 is 37.3 Å². The molecule has 4 rings (SSSR count). The van der Waals surface area contributed by atoms with Crippen molar-refractivity contribution in [2.24, 2.45) is 0 Å². The van der Waals surface area contributed by atoms with Crippen molar-refractivity contribution in [3.63, 3.8) is 0 Å². The van der Waals surface area contributed by atoms with Gasteiger partial charge >= 0.3 is 0 Å². The number of ether oxygens (including phenoxy) is 2. The number of benzene rings is 2. The third-order valence-electron chi connectivity index (χ3n) is 5.29. The van der Waals surface area contributed by atoms with Gasteiger partial charge < -0.3 is 29.9 Å². The van der Waals surface area contributed by atoms with Crippen molar-refractivity contribution in [1.29, 1.82) is 0 Å². The van der Waals surface area contributed by atoms with E-state index in [1.807, 2.05) is 60.7 Å². The van der Waals surface area contributed by atoms with Crippen molar-refractivity contribution in [2.75, 3.05) is 6.61 Å². The van der Waals surface area contributed by atoms with E-state index in [2.05, 4.69) is 10.3 Å². The molecule has 1 aliphatic rings. The number of hydrogen-bond donors (Lipinski definition) is 4. The van der Waals surface area contributed by atoms with Crippen molar-refractivity contribution in [2.45, 2.75) is 43.4 Å². The van der Waals surface area contributed by atoms with Crippen molar-refractivity contribution in [3.8, 4) is 0 Å². The molecule has 31 heavy (non-hydrogen) atoms. The Balaban J connectivity index is 1.49. The monoisotopic (exact) mass is 427 g/mol. The zero-order valence-electron chi connectivity index (χ0n) is 16.7. The Kier molecular flexibility index (Phi) is 6.71. The zero-order chi connectivity index (χ0) is 21.8. The average Bonchev–Trinajstić information content (AvgIpc) is 3.28. The quantitative estimate of drug-likeness (QED) is 0.430. The fourth-order valence-corrected chi connectivity index (χ4v) is 3.61. The molecule has 1 aliphatic heterocycles. The van der Waals surface area contributed by atoms with Crippen LogP contribution >= 0.6 is 0 Å². The van der Waals surface area contributed by atoms with E-state index in [-0.39, 0.29) is 12.7 Å². The molecule has 1 saturated heterocycles. The molecule has 0 unspecified atom stereocenters. The van der Waals surface area contributed by atoms with Crippen LogP contribution in [0.1, 0.15) is 29.2 Å². The maximum atomic E-state index is 10.3. The van der Waals surface area contributed by atoms with Gasteiger partial charge in [0.05, 0.1) is 19.4 Å². The summed E-state index contributed by atoms with van der Waals surface area (Å²) in [6, 6.07) is 19.6. The SMILES string of the molecule is OC[C@H]1O[C@H](n2cc(COC(c3ccccc3)c3ccccc3)nn2)[C@H](O)[C@@H](O)[C@@H]1O. The molecule has 0 amide bonds. The molecule has 0 bridgehead atoms. The van der Waals surface area contributed by atoms with Crippen molar-refractivity contribution in [1.82, 2.24) is 15.0 Å². The molecule has 0 saturated carbocycles. The third-order valence-corrected chi connectivity index (χ3v) is 5.29. The predicted octanol–water partition coefficient (Wildman–Crippen LogP) is 0.557. The molecule has 164 valence electrons. The fourth-order valence-electron chi connectivity index (χ4n) is 3.61. The number of aliphatic hydroxyl groups excluding tert-OH is 4. The van der Waals surface area contributed by atoms with E-state index in [4.69, 9.17) is 9.47 Å². The lowest BCUT2D eigenvalue weighted by Crippen LogP contribution is -2.56. The standard InChI is InChI=1S/C22H25N3O6/c26-12-17-18(27)19(28)20(29)22(31-17)25-11-16(23-24-25)13-30-21(14-7-3-1-4-8-14)15-9-5-2-6-10-15/h1-11,17-22,26-29H,12-13H2/t17-,18-,19+,20-,22+/m1/s1. The summed E-state index contributed by atoms with van der Waals surface area (Å²) in [6.07, 6.45) is -5.24. The zero-order valence-corrected chi connectivity index (χ0v) is 16.7. The Labute approximate surface area is 179 Å². The van der Waals surface area contributed by atoms with Crippen LogP contribution in [0.4, 0.5) is 0 Å². The lowest BCUT2D eigenvalue weighted by molar-refractivity contribution is -0.254. The van der Waals surface area contributed by atoms with Crippen LogP contribution in [0.25, 0.3) is 0 Å². The highest BCUT2D eigenvalue weighted by Gasteiger charge is 2.44. The van der Waals surface area contributed by atoms with E-state index in [1.165, 1.54) is 4.68 Å². The first-order chi connectivity index (χ1) is 15.1. The first kappa shape index (κ1) is 21.6.